The molecule has 0 bridgehead atoms. The zero-order valence-electron chi connectivity index (χ0n) is 15.9. The van der Waals surface area contributed by atoms with Gasteiger partial charge in [0.25, 0.3) is 0 Å². The number of carbonyl (C=O) groups is 1. The van der Waals surface area contributed by atoms with Gasteiger partial charge in [-0.05, 0) is 30.3 Å². The minimum absolute atomic E-state index is 0.0766. The van der Waals surface area contributed by atoms with E-state index in [2.05, 4.69) is 0 Å². The Kier molecular flexibility index (Phi) is 6.01. The van der Waals surface area contributed by atoms with Crippen molar-refractivity contribution in [3.05, 3.63) is 47.5 Å². The lowest BCUT2D eigenvalue weighted by molar-refractivity contribution is -0.128. The molecule has 1 heterocycles. The third kappa shape index (κ3) is 3.93. The third-order valence-electron chi connectivity index (χ3n) is 4.50. The molecule has 1 aliphatic rings. The number of hydrogen-bond donors (Lipinski definition) is 0. The molecule has 1 aliphatic heterocycles. The predicted molar refractivity (Wildman–Crippen MR) is 105 cm³/mol. The summed E-state index contributed by atoms with van der Waals surface area (Å²) in [4.78, 5) is 14.4. The highest BCUT2D eigenvalue weighted by Gasteiger charge is 2.35. The van der Waals surface area contributed by atoms with Crippen molar-refractivity contribution < 1.29 is 23.7 Å². The maximum absolute atomic E-state index is 12.6. The number of ether oxygens (including phenoxy) is 4. The summed E-state index contributed by atoms with van der Waals surface area (Å²) in [6.45, 7) is 0.423. The van der Waals surface area contributed by atoms with Crippen LogP contribution in [0.4, 0.5) is 0 Å². The van der Waals surface area contributed by atoms with Gasteiger partial charge in [-0.3, -0.25) is 4.79 Å². The van der Waals surface area contributed by atoms with Gasteiger partial charge in [0.15, 0.2) is 0 Å². The smallest absolute Gasteiger partial charge is 0.234 e. The Bertz CT molecular complexity index is 826. The maximum Gasteiger partial charge on any atom is 0.234 e. The van der Waals surface area contributed by atoms with Crippen molar-refractivity contribution in [1.29, 1.82) is 0 Å². The van der Waals surface area contributed by atoms with Crippen LogP contribution >= 0.6 is 11.8 Å². The molecule has 0 saturated carbocycles. The van der Waals surface area contributed by atoms with Crippen LogP contribution in [0.1, 0.15) is 16.5 Å². The summed E-state index contributed by atoms with van der Waals surface area (Å²) in [5.41, 5.74) is 1.83. The molecule has 0 N–H and O–H groups in total. The van der Waals surface area contributed by atoms with Crippen LogP contribution in [0.15, 0.2) is 36.4 Å². The van der Waals surface area contributed by atoms with Gasteiger partial charge in [-0.25, -0.2) is 0 Å². The average molecular weight is 389 g/mol. The average Bonchev–Trinajstić information content (AvgIpc) is 3.07. The van der Waals surface area contributed by atoms with Crippen LogP contribution in [0.2, 0.25) is 0 Å². The van der Waals surface area contributed by atoms with E-state index in [1.807, 2.05) is 41.3 Å². The largest absolute Gasteiger partial charge is 0.497 e. The summed E-state index contributed by atoms with van der Waals surface area (Å²) in [5.74, 6) is 3.36. The van der Waals surface area contributed by atoms with Crippen molar-refractivity contribution in [3.8, 4) is 23.0 Å². The second-order valence-electron chi connectivity index (χ2n) is 5.97. The van der Waals surface area contributed by atoms with Gasteiger partial charge in [-0.2, -0.15) is 0 Å². The van der Waals surface area contributed by atoms with Gasteiger partial charge in [-0.15, -0.1) is 11.8 Å². The molecule has 0 spiro atoms. The van der Waals surface area contributed by atoms with Crippen LogP contribution in [0.5, 0.6) is 23.0 Å². The molecule has 1 atom stereocenters. The first kappa shape index (κ1) is 19.2. The number of carbonyl (C=O) groups excluding carboxylic acids is 1. The third-order valence-corrected chi connectivity index (χ3v) is 5.74. The van der Waals surface area contributed by atoms with Crippen LogP contribution in [-0.4, -0.2) is 45.0 Å². The highest BCUT2D eigenvalue weighted by atomic mass is 32.2. The molecule has 27 heavy (non-hydrogen) atoms. The molecule has 0 aliphatic carbocycles. The Morgan fingerprint density at radius 1 is 0.926 bits per heavy atom. The monoisotopic (exact) mass is 389 g/mol. The Balaban J connectivity index is 1.94. The first-order chi connectivity index (χ1) is 13.1. The summed E-state index contributed by atoms with van der Waals surface area (Å²) in [5, 5.41) is -0.144. The Labute approximate surface area is 163 Å². The topological polar surface area (TPSA) is 57.2 Å². The standard InChI is InChI=1S/C20H23NO5S/c1-23-14-6-8-17(25-3)13(9-14)11-21-19(22)12-27-20(21)16-7-5-15(24-2)10-18(16)26-4/h5-10,20H,11-12H2,1-4H3. The fourth-order valence-corrected chi connectivity index (χ4v) is 4.31. The minimum Gasteiger partial charge on any atom is -0.497 e. The molecular weight excluding hydrogens is 366 g/mol. The van der Waals surface area contributed by atoms with Crippen LogP contribution in [0.25, 0.3) is 0 Å². The summed E-state index contributed by atoms with van der Waals surface area (Å²) in [6.07, 6.45) is 0. The molecule has 1 unspecified atom stereocenters. The van der Waals surface area contributed by atoms with Crippen molar-refractivity contribution >= 4 is 17.7 Å². The molecule has 1 fully saturated rings. The molecule has 3 rings (SSSR count). The lowest BCUT2D eigenvalue weighted by atomic mass is 10.1. The van der Waals surface area contributed by atoms with E-state index in [0.717, 1.165) is 22.6 Å². The second-order valence-corrected chi connectivity index (χ2v) is 7.04. The van der Waals surface area contributed by atoms with E-state index in [1.165, 1.54) is 0 Å². The van der Waals surface area contributed by atoms with Crippen molar-refractivity contribution in [3.63, 3.8) is 0 Å². The van der Waals surface area contributed by atoms with E-state index in [-0.39, 0.29) is 11.3 Å². The molecule has 2 aromatic rings. The van der Waals surface area contributed by atoms with Crippen LogP contribution < -0.4 is 18.9 Å². The first-order valence-corrected chi connectivity index (χ1v) is 9.50. The Hall–Kier alpha value is -2.54. The summed E-state index contributed by atoms with van der Waals surface area (Å²) >= 11 is 1.58. The van der Waals surface area contributed by atoms with Gasteiger partial charge >= 0.3 is 0 Å². The van der Waals surface area contributed by atoms with E-state index in [4.69, 9.17) is 18.9 Å². The lowest BCUT2D eigenvalue weighted by Crippen LogP contribution is -2.28. The number of hydrogen-bond acceptors (Lipinski definition) is 6. The number of amides is 1. The summed E-state index contributed by atoms with van der Waals surface area (Å²) in [7, 11) is 6.47. The van der Waals surface area contributed by atoms with Crippen LogP contribution in [0, 0.1) is 0 Å². The molecule has 7 heteroatoms. The zero-order valence-corrected chi connectivity index (χ0v) is 16.7. The Morgan fingerprint density at radius 3 is 2.26 bits per heavy atom. The summed E-state index contributed by atoms with van der Waals surface area (Å²) in [6, 6.07) is 11.3. The number of methoxy groups -OCH3 is 4. The maximum atomic E-state index is 12.6. The minimum atomic E-state index is -0.144. The highest BCUT2D eigenvalue weighted by Crippen LogP contribution is 2.44. The molecule has 1 amide bonds. The molecule has 144 valence electrons. The van der Waals surface area contributed by atoms with Gasteiger partial charge < -0.3 is 23.8 Å². The first-order valence-electron chi connectivity index (χ1n) is 8.45. The quantitative estimate of drug-likeness (QED) is 0.723. The van der Waals surface area contributed by atoms with E-state index in [0.29, 0.717) is 23.8 Å². The van der Waals surface area contributed by atoms with Gasteiger partial charge in [0.05, 0.1) is 40.7 Å². The second kappa shape index (κ2) is 8.43. The van der Waals surface area contributed by atoms with E-state index in [9.17, 15) is 4.79 Å². The summed E-state index contributed by atoms with van der Waals surface area (Å²) < 4.78 is 21.6. The normalized spacial score (nSPS) is 16.4. The van der Waals surface area contributed by atoms with Crippen molar-refractivity contribution in [1.82, 2.24) is 4.90 Å². The van der Waals surface area contributed by atoms with Gasteiger partial charge in [0, 0.05) is 17.2 Å². The number of benzene rings is 2. The van der Waals surface area contributed by atoms with E-state index in [1.54, 1.807) is 40.2 Å². The van der Waals surface area contributed by atoms with Crippen molar-refractivity contribution in [2.45, 2.75) is 11.9 Å². The van der Waals surface area contributed by atoms with Crippen LogP contribution in [0.3, 0.4) is 0 Å². The molecule has 6 nitrogen and oxygen atoms in total. The molecule has 0 radical (unpaired) electrons. The molecule has 0 aromatic heterocycles. The van der Waals surface area contributed by atoms with E-state index < -0.39 is 0 Å². The number of nitrogens with zero attached hydrogens (tertiary/aromatic N) is 1. The molecule has 2 aromatic carbocycles. The van der Waals surface area contributed by atoms with Gasteiger partial charge in [0.2, 0.25) is 5.91 Å². The highest BCUT2D eigenvalue weighted by molar-refractivity contribution is 8.00. The fraction of sp³-hybridized carbons (Fsp3) is 0.350. The van der Waals surface area contributed by atoms with Crippen LogP contribution in [-0.2, 0) is 11.3 Å². The SMILES string of the molecule is COc1ccc(OC)c(CN2C(=O)CSC2c2ccc(OC)cc2OC)c1. The van der Waals surface area contributed by atoms with Crippen molar-refractivity contribution in [2.75, 3.05) is 34.2 Å². The van der Waals surface area contributed by atoms with Crippen molar-refractivity contribution in [2.24, 2.45) is 0 Å². The van der Waals surface area contributed by atoms with Gasteiger partial charge in [0.1, 0.15) is 28.4 Å². The van der Waals surface area contributed by atoms with Gasteiger partial charge in [-0.1, -0.05) is 0 Å². The molecule has 1 saturated heterocycles. The van der Waals surface area contributed by atoms with E-state index >= 15 is 0 Å². The lowest BCUT2D eigenvalue weighted by Gasteiger charge is -2.26. The fourth-order valence-electron chi connectivity index (χ4n) is 3.09. The number of rotatable bonds is 7. The zero-order chi connectivity index (χ0) is 19.4. The number of thioether (sulfide) groups is 1. The predicted octanol–water partition coefficient (Wildman–Crippen LogP) is 3.50. The Morgan fingerprint density at radius 2 is 1.59 bits per heavy atom. The molecular formula is C20H23NO5S.